The van der Waals surface area contributed by atoms with Gasteiger partial charge in [0.2, 0.25) is 0 Å². The summed E-state index contributed by atoms with van der Waals surface area (Å²) < 4.78 is 29.7. The third kappa shape index (κ3) is 2.60. The smallest absolute Gasteiger partial charge is 0.166 e. The van der Waals surface area contributed by atoms with Gasteiger partial charge in [0.15, 0.2) is 11.6 Å². The van der Waals surface area contributed by atoms with Gasteiger partial charge in [0.1, 0.15) is 23.3 Å². The van der Waals surface area contributed by atoms with Crippen molar-refractivity contribution in [1.82, 2.24) is 0 Å². The van der Waals surface area contributed by atoms with Gasteiger partial charge in [-0.15, -0.1) is 11.3 Å². The molecular formula is C18H9F2N3S. The molecule has 0 unspecified atom stereocenters. The maximum Gasteiger partial charge on any atom is 0.166 e. The topological polar surface area (TPSA) is 59.6 Å². The van der Waals surface area contributed by atoms with Gasteiger partial charge in [0, 0.05) is 10.6 Å². The van der Waals surface area contributed by atoms with Crippen LogP contribution in [0.25, 0.3) is 10.4 Å². The minimum atomic E-state index is -0.942. The Balaban J connectivity index is 2.32. The summed E-state index contributed by atoms with van der Waals surface area (Å²) in [5.41, 5.74) is -0.855. The molecule has 0 aliphatic rings. The Bertz CT molecular complexity index is 968. The van der Waals surface area contributed by atoms with Crippen LogP contribution in [0.15, 0.2) is 47.8 Å². The molecule has 0 atom stereocenters. The van der Waals surface area contributed by atoms with E-state index in [1.807, 2.05) is 0 Å². The molecule has 3 nitrogen and oxygen atoms in total. The zero-order chi connectivity index (χ0) is 17.1. The van der Waals surface area contributed by atoms with Crippen LogP contribution in [0.4, 0.5) is 20.2 Å². The molecule has 6 heteroatoms. The minimum absolute atomic E-state index is 0.0538. The Kier molecular flexibility index (Phi) is 4.24. The fourth-order valence-corrected chi connectivity index (χ4v) is 3.10. The Labute approximate surface area is 141 Å². The number of hydrogen-bond acceptors (Lipinski definition) is 4. The van der Waals surface area contributed by atoms with Crippen molar-refractivity contribution < 1.29 is 8.78 Å². The van der Waals surface area contributed by atoms with E-state index < -0.39 is 22.8 Å². The molecule has 0 bridgehead atoms. The number of nitriles is 2. The lowest BCUT2D eigenvalue weighted by Crippen LogP contribution is -2.05. The molecule has 0 saturated carbocycles. The van der Waals surface area contributed by atoms with E-state index >= 15 is 0 Å². The van der Waals surface area contributed by atoms with Gasteiger partial charge in [-0.05, 0) is 23.6 Å². The summed E-state index contributed by atoms with van der Waals surface area (Å²) in [6.45, 7) is 0. The second-order valence-corrected chi connectivity index (χ2v) is 5.77. The lowest BCUT2D eigenvalue weighted by atomic mass is 9.99. The van der Waals surface area contributed by atoms with Crippen LogP contribution in [0, 0.1) is 34.3 Å². The molecule has 1 aromatic heterocycles. The van der Waals surface area contributed by atoms with Gasteiger partial charge in [-0.1, -0.05) is 24.3 Å². The molecule has 0 saturated heterocycles. The average Bonchev–Trinajstić information content (AvgIpc) is 3.12. The van der Waals surface area contributed by atoms with Gasteiger partial charge in [0.25, 0.3) is 0 Å². The number of nitrogens with one attached hydrogen (secondary N) is 1. The SMILES string of the molecule is N#Cc1c(F)c(Nc2ccccc2)c(-c2cccs2)c(F)c1C#N. The summed E-state index contributed by atoms with van der Waals surface area (Å²) in [5.74, 6) is -1.85. The van der Waals surface area contributed by atoms with Crippen LogP contribution in [0.2, 0.25) is 0 Å². The van der Waals surface area contributed by atoms with Crippen molar-refractivity contribution in [2.75, 3.05) is 5.32 Å². The fourth-order valence-electron chi connectivity index (χ4n) is 2.33. The molecule has 3 aromatic rings. The van der Waals surface area contributed by atoms with Crippen molar-refractivity contribution in [3.8, 4) is 22.6 Å². The van der Waals surface area contributed by atoms with Crippen LogP contribution in [-0.2, 0) is 0 Å². The Morgan fingerprint density at radius 3 is 2.12 bits per heavy atom. The quantitative estimate of drug-likeness (QED) is 0.716. The van der Waals surface area contributed by atoms with E-state index in [9.17, 15) is 8.78 Å². The summed E-state index contributed by atoms with van der Waals surface area (Å²) in [4.78, 5) is 0.464. The number of rotatable bonds is 3. The van der Waals surface area contributed by atoms with E-state index in [1.165, 1.54) is 11.3 Å². The van der Waals surface area contributed by atoms with Crippen molar-refractivity contribution in [1.29, 1.82) is 10.5 Å². The number of benzene rings is 2. The van der Waals surface area contributed by atoms with E-state index in [-0.39, 0.29) is 11.3 Å². The number of thiophene rings is 1. The predicted molar refractivity (Wildman–Crippen MR) is 88.8 cm³/mol. The molecule has 3 rings (SSSR count). The molecule has 0 aliphatic heterocycles. The molecule has 0 aliphatic carbocycles. The number of hydrogen-bond donors (Lipinski definition) is 1. The van der Waals surface area contributed by atoms with E-state index in [4.69, 9.17) is 10.5 Å². The molecule has 0 radical (unpaired) electrons. The molecule has 0 fully saturated rings. The highest BCUT2D eigenvalue weighted by atomic mass is 32.1. The van der Waals surface area contributed by atoms with Crippen LogP contribution in [-0.4, -0.2) is 0 Å². The average molecular weight is 337 g/mol. The lowest BCUT2D eigenvalue weighted by molar-refractivity contribution is 0.600. The maximum absolute atomic E-state index is 14.9. The van der Waals surface area contributed by atoms with Gasteiger partial charge in [-0.2, -0.15) is 10.5 Å². The van der Waals surface area contributed by atoms with Crippen molar-refractivity contribution in [2.24, 2.45) is 0 Å². The summed E-state index contributed by atoms with van der Waals surface area (Å²) >= 11 is 1.22. The monoisotopic (exact) mass is 337 g/mol. The minimum Gasteiger partial charge on any atom is -0.352 e. The lowest BCUT2D eigenvalue weighted by Gasteiger charge is -2.15. The van der Waals surface area contributed by atoms with Crippen molar-refractivity contribution in [3.63, 3.8) is 0 Å². The van der Waals surface area contributed by atoms with Crippen molar-refractivity contribution in [2.45, 2.75) is 0 Å². The van der Waals surface area contributed by atoms with Crippen LogP contribution >= 0.6 is 11.3 Å². The highest BCUT2D eigenvalue weighted by Crippen LogP contribution is 2.40. The fraction of sp³-hybridized carbons (Fsp3) is 0. The second kappa shape index (κ2) is 6.49. The maximum atomic E-state index is 14.9. The number of anilines is 2. The molecule has 0 amide bonds. The standard InChI is InChI=1S/C18H9F2N3S/c19-16-12(9-21)13(10-22)17(20)18(15(16)14-7-4-8-24-14)23-11-5-2-1-3-6-11/h1-8,23H. The predicted octanol–water partition coefficient (Wildman–Crippen LogP) is 5.18. The van der Waals surface area contributed by atoms with E-state index in [2.05, 4.69) is 5.32 Å². The first-order chi connectivity index (χ1) is 11.7. The van der Waals surface area contributed by atoms with Crippen LogP contribution in [0.1, 0.15) is 11.1 Å². The number of nitrogens with zero attached hydrogens (tertiary/aromatic N) is 2. The van der Waals surface area contributed by atoms with E-state index in [0.717, 1.165) is 0 Å². The highest BCUT2D eigenvalue weighted by Gasteiger charge is 2.26. The van der Waals surface area contributed by atoms with Crippen LogP contribution in [0.3, 0.4) is 0 Å². The highest BCUT2D eigenvalue weighted by molar-refractivity contribution is 7.13. The molecule has 116 valence electrons. The number of halogens is 2. The zero-order valence-corrected chi connectivity index (χ0v) is 13.0. The molecule has 24 heavy (non-hydrogen) atoms. The zero-order valence-electron chi connectivity index (χ0n) is 12.2. The Morgan fingerprint density at radius 1 is 0.875 bits per heavy atom. The van der Waals surface area contributed by atoms with Gasteiger partial charge in [-0.3, -0.25) is 0 Å². The number of para-hydroxylation sites is 1. The summed E-state index contributed by atoms with van der Waals surface area (Å²) in [6.07, 6.45) is 0. The second-order valence-electron chi connectivity index (χ2n) is 4.82. The summed E-state index contributed by atoms with van der Waals surface area (Å²) in [5, 5.41) is 22.8. The first kappa shape index (κ1) is 15.7. The van der Waals surface area contributed by atoms with Crippen molar-refractivity contribution in [3.05, 3.63) is 70.6 Å². The van der Waals surface area contributed by atoms with E-state index in [1.54, 1.807) is 60.0 Å². The third-order valence-corrected chi connectivity index (χ3v) is 4.30. The van der Waals surface area contributed by atoms with Crippen molar-refractivity contribution >= 4 is 22.7 Å². The van der Waals surface area contributed by atoms with Crippen LogP contribution in [0.5, 0.6) is 0 Å². The summed E-state index contributed by atoms with van der Waals surface area (Å²) in [7, 11) is 0. The molecule has 0 spiro atoms. The Morgan fingerprint density at radius 2 is 1.54 bits per heavy atom. The first-order valence-electron chi connectivity index (χ1n) is 6.88. The molecular weight excluding hydrogens is 328 g/mol. The third-order valence-electron chi connectivity index (χ3n) is 3.41. The van der Waals surface area contributed by atoms with Gasteiger partial charge >= 0.3 is 0 Å². The summed E-state index contributed by atoms with van der Waals surface area (Å²) in [6, 6.07) is 15.2. The normalized spacial score (nSPS) is 10.0. The van der Waals surface area contributed by atoms with Gasteiger partial charge < -0.3 is 5.32 Å². The first-order valence-corrected chi connectivity index (χ1v) is 7.76. The molecule has 1 heterocycles. The van der Waals surface area contributed by atoms with E-state index in [0.29, 0.717) is 10.6 Å². The van der Waals surface area contributed by atoms with Gasteiger partial charge in [-0.25, -0.2) is 8.78 Å². The molecule has 1 N–H and O–H groups in total. The Hall–Kier alpha value is -3.22. The van der Waals surface area contributed by atoms with Gasteiger partial charge in [0.05, 0.1) is 11.3 Å². The largest absolute Gasteiger partial charge is 0.352 e. The molecule has 2 aromatic carbocycles. The van der Waals surface area contributed by atoms with Crippen LogP contribution < -0.4 is 5.32 Å².